The minimum Gasteiger partial charge on any atom is -0.545 e. The minimum atomic E-state index is -1.93. The van der Waals surface area contributed by atoms with Crippen LogP contribution in [0.5, 0.6) is 0 Å². The third kappa shape index (κ3) is 7.43. The lowest BCUT2D eigenvalue weighted by atomic mass is 9.89. The van der Waals surface area contributed by atoms with E-state index in [9.17, 15) is 0 Å². The molecule has 31 heavy (non-hydrogen) atoms. The van der Waals surface area contributed by atoms with Crippen LogP contribution in [0.4, 0.5) is 0 Å². The molecule has 1 saturated heterocycles. The molecule has 1 heterocycles. The average Bonchev–Trinajstić information content (AvgIpc) is 2.89. The van der Waals surface area contributed by atoms with Crippen molar-refractivity contribution in [3.63, 3.8) is 0 Å². The summed E-state index contributed by atoms with van der Waals surface area (Å²) >= 11 is 3.80. The maximum atomic E-state index is 6.88. The molecule has 0 radical (unpaired) electrons. The van der Waals surface area contributed by atoms with Crippen molar-refractivity contribution in [3.8, 4) is 0 Å². The van der Waals surface area contributed by atoms with E-state index in [-0.39, 0.29) is 27.9 Å². The van der Waals surface area contributed by atoms with E-state index in [1.54, 1.807) is 0 Å². The van der Waals surface area contributed by atoms with Crippen molar-refractivity contribution in [3.05, 3.63) is 12.3 Å². The lowest BCUT2D eigenvalue weighted by molar-refractivity contribution is -0.0515. The van der Waals surface area contributed by atoms with Gasteiger partial charge in [0.15, 0.2) is 8.32 Å². The van der Waals surface area contributed by atoms with Crippen molar-refractivity contribution >= 4 is 32.6 Å². The molecule has 1 rings (SSSR count). The van der Waals surface area contributed by atoms with Gasteiger partial charge < -0.3 is 13.6 Å². The van der Waals surface area contributed by atoms with Crippen LogP contribution in [0.3, 0.4) is 0 Å². The molecule has 0 aromatic heterocycles. The number of ether oxygens (including phenoxy) is 1. The fraction of sp³-hybridized carbons (Fsp3) is 0.920. The SMILES string of the molecule is C=C(O[Si](C)(C)C(C)(C)C)[C@@H]1O[C@](CBr)(C[C@@H](CCC)O[Si](C)(C)C(C)(C)C)C[C@H]1C. The summed E-state index contributed by atoms with van der Waals surface area (Å²) in [5, 5.41) is 1.17. The van der Waals surface area contributed by atoms with Crippen LogP contribution in [0.1, 0.15) is 81.1 Å². The van der Waals surface area contributed by atoms with Crippen LogP contribution in [0.15, 0.2) is 12.3 Å². The molecule has 0 aromatic carbocycles. The molecule has 0 N–H and O–H groups in total. The molecule has 0 aromatic rings. The lowest BCUT2D eigenvalue weighted by Gasteiger charge is -2.42. The first-order valence-corrected chi connectivity index (χ1v) is 19.0. The van der Waals surface area contributed by atoms with E-state index >= 15 is 0 Å². The third-order valence-corrected chi connectivity index (χ3v) is 17.8. The minimum absolute atomic E-state index is 0.0539. The van der Waals surface area contributed by atoms with Crippen LogP contribution in [0.25, 0.3) is 0 Å². The van der Waals surface area contributed by atoms with Crippen LogP contribution in [-0.2, 0) is 13.6 Å². The smallest absolute Gasteiger partial charge is 0.250 e. The number of halogens is 1. The second-order valence-electron chi connectivity index (χ2n) is 12.9. The quantitative estimate of drug-likeness (QED) is 0.159. The van der Waals surface area contributed by atoms with Gasteiger partial charge in [0.2, 0.25) is 8.32 Å². The molecular weight excluding hydrogens is 484 g/mol. The molecule has 3 nitrogen and oxygen atoms in total. The van der Waals surface area contributed by atoms with E-state index in [0.29, 0.717) is 5.92 Å². The molecule has 1 aliphatic heterocycles. The number of hydrogen-bond acceptors (Lipinski definition) is 3. The van der Waals surface area contributed by atoms with Crippen molar-refractivity contribution in [1.29, 1.82) is 0 Å². The highest BCUT2D eigenvalue weighted by molar-refractivity contribution is 9.09. The highest BCUT2D eigenvalue weighted by Crippen LogP contribution is 2.46. The maximum absolute atomic E-state index is 6.88. The Labute approximate surface area is 204 Å². The van der Waals surface area contributed by atoms with E-state index in [2.05, 4.69) is 104 Å². The summed E-state index contributed by atoms with van der Waals surface area (Å²) in [6, 6.07) is 0. The Bertz CT molecular complexity index is 607. The normalized spacial score (nSPS) is 26.7. The van der Waals surface area contributed by atoms with Crippen LogP contribution in [0.2, 0.25) is 36.3 Å². The number of alkyl halides is 1. The first-order chi connectivity index (χ1) is 13.8. The van der Waals surface area contributed by atoms with Gasteiger partial charge in [-0.15, -0.1) is 0 Å². The molecule has 0 spiro atoms. The molecule has 6 heteroatoms. The molecule has 1 fully saturated rings. The zero-order valence-electron chi connectivity index (χ0n) is 22.6. The van der Waals surface area contributed by atoms with Crippen molar-refractivity contribution in [2.75, 3.05) is 5.33 Å². The van der Waals surface area contributed by atoms with Crippen LogP contribution in [-0.4, -0.2) is 39.8 Å². The lowest BCUT2D eigenvalue weighted by Crippen LogP contribution is -2.47. The second-order valence-corrected chi connectivity index (χ2v) is 22.9. The topological polar surface area (TPSA) is 27.7 Å². The van der Waals surface area contributed by atoms with Gasteiger partial charge in [-0.05, 0) is 55.0 Å². The Morgan fingerprint density at radius 3 is 2.03 bits per heavy atom. The predicted octanol–water partition coefficient (Wildman–Crippen LogP) is 8.66. The van der Waals surface area contributed by atoms with Gasteiger partial charge in [-0.25, -0.2) is 0 Å². The summed E-state index contributed by atoms with van der Waals surface area (Å²) < 4.78 is 20.2. The largest absolute Gasteiger partial charge is 0.545 e. The van der Waals surface area contributed by atoms with E-state index in [1.165, 1.54) is 0 Å². The second kappa shape index (κ2) is 10.3. The highest BCUT2D eigenvalue weighted by atomic mass is 79.9. The Morgan fingerprint density at radius 1 is 1.10 bits per heavy atom. The summed E-state index contributed by atoms with van der Waals surface area (Å²) in [6.45, 7) is 31.9. The highest BCUT2D eigenvalue weighted by Gasteiger charge is 2.49. The van der Waals surface area contributed by atoms with Gasteiger partial charge in [0, 0.05) is 17.9 Å². The third-order valence-electron chi connectivity index (χ3n) is 7.82. The van der Waals surface area contributed by atoms with Gasteiger partial charge in [-0.1, -0.05) is 84.3 Å². The van der Waals surface area contributed by atoms with Gasteiger partial charge >= 0.3 is 0 Å². The van der Waals surface area contributed by atoms with Gasteiger partial charge in [0.1, 0.15) is 11.9 Å². The zero-order chi connectivity index (χ0) is 24.5. The molecule has 4 atom stereocenters. The summed E-state index contributed by atoms with van der Waals surface area (Å²) in [5.41, 5.74) is -0.230. The van der Waals surface area contributed by atoms with E-state index in [1.807, 2.05) is 0 Å². The molecule has 184 valence electrons. The Balaban J connectivity index is 3.01. The fourth-order valence-corrected chi connectivity index (χ4v) is 6.91. The van der Waals surface area contributed by atoms with Crippen molar-refractivity contribution in [2.24, 2.45) is 5.92 Å². The average molecular weight is 536 g/mol. The maximum Gasteiger partial charge on any atom is 0.250 e. The Morgan fingerprint density at radius 2 is 1.61 bits per heavy atom. The van der Waals surface area contributed by atoms with Crippen molar-refractivity contribution in [1.82, 2.24) is 0 Å². The summed E-state index contributed by atoms with van der Waals surface area (Å²) in [5.74, 6) is 1.20. The van der Waals surface area contributed by atoms with E-state index in [0.717, 1.165) is 36.8 Å². The fourth-order valence-electron chi connectivity index (χ4n) is 3.85. The van der Waals surface area contributed by atoms with Crippen molar-refractivity contribution in [2.45, 2.75) is 135 Å². The summed E-state index contributed by atoms with van der Waals surface area (Å²) in [6.07, 6.45) is 4.30. The van der Waals surface area contributed by atoms with Gasteiger partial charge in [0.25, 0.3) is 0 Å². The van der Waals surface area contributed by atoms with Crippen LogP contribution < -0.4 is 0 Å². The van der Waals surface area contributed by atoms with Gasteiger partial charge in [-0.3, -0.25) is 0 Å². The van der Waals surface area contributed by atoms with E-state index < -0.39 is 16.6 Å². The molecule has 0 aliphatic carbocycles. The molecular formula is C25H51BrO3Si2. The van der Waals surface area contributed by atoms with Gasteiger partial charge in [-0.2, -0.15) is 0 Å². The van der Waals surface area contributed by atoms with Crippen LogP contribution >= 0.6 is 15.9 Å². The predicted molar refractivity (Wildman–Crippen MR) is 144 cm³/mol. The summed E-state index contributed by atoms with van der Waals surface area (Å²) in [7, 11) is -3.77. The molecule has 0 amide bonds. The van der Waals surface area contributed by atoms with Gasteiger partial charge in [0.05, 0.1) is 5.60 Å². The number of hydrogen-bond donors (Lipinski definition) is 0. The monoisotopic (exact) mass is 534 g/mol. The Kier molecular flexibility index (Phi) is 9.80. The van der Waals surface area contributed by atoms with E-state index in [4.69, 9.17) is 13.6 Å². The standard InChI is InChI=1S/C25H51BrO3Si2/c1-14-15-21(29-31(12,13)24(7,8)9)17-25(18-26)16-19(2)22(27-25)20(3)28-30(10,11)23(4,5)6/h19,21-22H,3,14-18H2,1-2,4-13H3/t19-,21-,22-,25+/m1/s1. The number of rotatable bonds is 10. The first-order valence-electron chi connectivity index (χ1n) is 12.1. The first kappa shape index (κ1) is 29.4. The molecule has 0 unspecified atom stereocenters. The van der Waals surface area contributed by atoms with Crippen LogP contribution in [0, 0.1) is 5.92 Å². The molecule has 0 saturated carbocycles. The molecule has 0 bridgehead atoms. The Hall–Kier alpha value is 0.374. The zero-order valence-corrected chi connectivity index (χ0v) is 26.2. The molecule has 1 aliphatic rings. The summed E-state index contributed by atoms with van der Waals surface area (Å²) in [4.78, 5) is 0. The van der Waals surface area contributed by atoms with Crippen molar-refractivity contribution < 1.29 is 13.6 Å².